The highest BCUT2D eigenvalue weighted by atomic mass is 32.1. The van der Waals surface area contributed by atoms with Crippen LogP contribution in [-0.4, -0.2) is 15.0 Å². The molecule has 16 heavy (non-hydrogen) atoms. The molecule has 0 radical (unpaired) electrons. The fourth-order valence-corrected chi connectivity index (χ4v) is 3.05. The van der Waals surface area contributed by atoms with E-state index in [4.69, 9.17) is 5.73 Å². The van der Waals surface area contributed by atoms with E-state index in [0.717, 1.165) is 30.0 Å². The second-order valence-electron chi connectivity index (χ2n) is 3.90. The molecule has 0 spiro atoms. The maximum Gasteiger partial charge on any atom is 0.188 e. The van der Waals surface area contributed by atoms with Crippen molar-refractivity contribution in [2.75, 3.05) is 0 Å². The van der Waals surface area contributed by atoms with Gasteiger partial charge in [-0.2, -0.15) is 0 Å². The SMILES string of the molecule is NC1CCCc2nc(-c3ncccn3)sc21. The van der Waals surface area contributed by atoms with Crippen molar-refractivity contribution in [1.82, 2.24) is 15.0 Å². The third-order valence-corrected chi connectivity index (χ3v) is 3.98. The fourth-order valence-electron chi connectivity index (χ4n) is 1.96. The predicted molar refractivity (Wildman–Crippen MR) is 63.0 cm³/mol. The molecule has 1 unspecified atom stereocenters. The highest BCUT2D eigenvalue weighted by Gasteiger charge is 2.22. The van der Waals surface area contributed by atoms with E-state index in [1.54, 1.807) is 23.7 Å². The van der Waals surface area contributed by atoms with E-state index in [9.17, 15) is 0 Å². The lowest BCUT2D eigenvalue weighted by molar-refractivity contribution is 0.573. The molecule has 2 heterocycles. The highest BCUT2D eigenvalue weighted by molar-refractivity contribution is 7.15. The first-order valence-corrected chi connectivity index (χ1v) is 6.19. The first-order valence-electron chi connectivity index (χ1n) is 5.37. The number of thiazole rings is 1. The van der Waals surface area contributed by atoms with Crippen molar-refractivity contribution < 1.29 is 0 Å². The van der Waals surface area contributed by atoms with Gasteiger partial charge >= 0.3 is 0 Å². The van der Waals surface area contributed by atoms with Gasteiger partial charge in [0.1, 0.15) is 0 Å². The Morgan fingerprint density at radius 3 is 2.88 bits per heavy atom. The number of hydrogen-bond donors (Lipinski definition) is 1. The van der Waals surface area contributed by atoms with Crippen molar-refractivity contribution in [1.29, 1.82) is 0 Å². The molecule has 1 aliphatic carbocycles. The minimum atomic E-state index is 0.152. The van der Waals surface area contributed by atoms with Crippen molar-refractivity contribution >= 4 is 11.3 Å². The zero-order valence-electron chi connectivity index (χ0n) is 8.76. The normalized spacial score (nSPS) is 19.4. The topological polar surface area (TPSA) is 64.7 Å². The molecule has 0 amide bonds. The summed E-state index contributed by atoms with van der Waals surface area (Å²) in [4.78, 5) is 14.2. The van der Waals surface area contributed by atoms with Crippen molar-refractivity contribution in [3.8, 4) is 10.8 Å². The Labute approximate surface area is 97.6 Å². The Kier molecular flexibility index (Phi) is 2.41. The van der Waals surface area contributed by atoms with Crippen molar-refractivity contribution in [3.63, 3.8) is 0 Å². The van der Waals surface area contributed by atoms with E-state index in [1.165, 1.54) is 4.88 Å². The lowest BCUT2D eigenvalue weighted by Crippen LogP contribution is -2.15. The molecule has 2 N–H and O–H groups in total. The average molecular weight is 232 g/mol. The molecule has 0 saturated carbocycles. The van der Waals surface area contributed by atoms with Gasteiger partial charge in [-0.3, -0.25) is 0 Å². The van der Waals surface area contributed by atoms with E-state index in [1.807, 2.05) is 6.07 Å². The lowest BCUT2D eigenvalue weighted by Gasteiger charge is -2.15. The monoisotopic (exact) mass is 232 g/mol. The van der Waals surface area contributed by atoms with Crippen LogP contribution in [-0.2, 0) is 6.42 Å². The second-order valence-corrected chi connectivity index (χ2v) is 4.93. The second kappa shape index (κ2) is 3.92. The summed E-state index contributed by atoms with van der Waals surface area (Å²) in [7, 11) is 0. The molecular weight excluding hydrogens is 220 g/mol. The maximum atomic E-state index is 6.07. The lowest BCUT2D eigenvalue weighted by atomic mass is 9.99. The first kappa shape index (κ1) is 9.86. The van der Waals surface area contributed by atoms with Gasteiger partial charge in [-0.1, -0.05) is 0 Å². The quantitative estimate of drug-likeness (QED) is 0.816. The van der Waals surface area contributed by atoms with Crippen LogP contribution in [0.15, 0.2) is 18.5 Å². The van der Waals surface area contributed by atoms with E-state index in [0.29, 0.717) is 5.82 Å². The van der Waals surface area contributed by atoms with Gasteiger partial charge in [-0.15, -0.1) is 11.3 Å². The van der Waals surface area contributed by atoms with Gasteiger partial charge in [0, 0.05) is 23.3 Å². The van der Waals surface area contributed by atoms with Crippen molar-refractivity contribution in [2.45, 2.75) is 25.3 Å². The summed E-state index contributed by atoms with van der Waals surface area (Å²) >= 11 is 1.64. The molecule has 1 atom stereocenters. The largest absolute Gasteiger partial charge is 0.323 e. The summed E-state index contributed by atoms with van der Waals surface area (Å²) in [6.07, 6.45) is 6.70. The molecule has 2 aromatic rings. The number of fused-ring (bicyclic) bond motifs is 1. The molecule has 0 aromatic carbocycles. The van der Waals surface area contributed by atoms with Crippen LogP contribution in [0.2, 0.25) is 0 Å². The van der Waals surface area contributed by atoms with Gasteiger partial charge < -0.3 is 5.73 Å². The zero-order valence-corrected chi connectivity index (χ0v) is 9.57. The first-order chi connectivity index (χ1) is 7.84. The predicted octanol–water partition coefficient (Wildman–Crippen LogP) is 1.94. The molecule has 0 bridgehead atoms. The van der Waals surface area contributed by atoms with Crippen LogP contribution in [0.5, 0.6) is 0 Å². The van der Waals surface area contributed by atoms with Crippen LogP contribution in [0, 0.1) is 0 Å². The summed E-state index contributed by atoms with van der Waals surface area (Å²) in [5.41, 5.74) is 7.21. The van der Waals surface area contributed by atoms with Crippen LogP contribution in [0.4, 0.5) is 0 Å². The molecule has 2 aromatic heterocycles. The van der Waals surface area contributed by atoms with Crippen molar-refractivity contribution in [2.24, 2.45) is 5.73 Å². The minimum absolute atomic E-state index is 0.152. The van der Waals surface area contributed by atoms with Crippen LogP contribution in [0.3, 0.4) is 0 Å². The summed E-state index contributed by atoms with van der Waals surface area (Å²) in [6.45, 7) is 0. The fraction of sp³-hybridized carbons (Fsp3) is 0.364. The van der Waals surface area contributed by atoms with Gasteiger partial charge in [0.2, 0.25) is 0 Å². The Morgan fingerprint density at radius 1 is 1.31 bits per heavy atom. The summed E-state index contributed by atoms with van der Waals surface area (Å²) in [5, 5.41) is 0.892. The molecule has 4 nitrogen and oxygen atoms in total. The highest BCUT2D eigenvalue weighted by Crippen LogP contribution is 2.35. The van der Waals surface area contributed by atoms with Crippen LogP contribution >= 0.6 is 11.3 Å². The Hall–Kier alpha value is -1.33. The van der Waals surface area contributed by atoms with Crippen LogP contribution < -0.4 is 5.73 Å². The summed E-state index contributed by atoms with van der Waals surface area (Å²) in [6, 6.07) is 1.96. The number of nitrogens with two attached hydrogens (primary N) is 1. The summed E-state index contributed by atoms with van der Waals surface area (Å²) in [5.74, 6) is 0.703. The summed E-state index contributed by atoms with van der Waals surface area (Å²) < 4.78 is 0. The van der Waals surface area contributed by atoms with Gasteiger partial charge in [0.15, 0.2) is 10.8 Å². The smallest absolute Gasteiger partial charge is 0.188 e. The molecule has 1 aliphatic rings. The number of aryl methyl sites for hydroxylation is 1. The van der Waals surface area contributed by atoms with Crippen LogP contribution in [0.1, 0.15) is 29.5 Å². The van der Waals surface area contributed by atoms with Gasteiger partial charge in [-0.05, 0) is 25.3 Å². The molecule has 82 valence electrons. The van der Waals surface area contributed by atoms with E-state index < -0.39 is 0 Å². The number of aromatic nitrogens is 3. The van der Waals surface area contributed by atoms with E-state index in [2.05, 4.69) is 15.0 Å². The average Bonchev–Trinajstić information content (AvgIpc) is 2.76. The molecule has 0 saturated heterocycles. The molecule has 3 rings (SSSR count). The van der Waals surface area contributed by atoms with Crippen molar-refractivity contribution in [3.05, 3.63) is 29.0 Å². The third-order valence-electron chi connectivity index (χ3n) is 2.75. The molecule has 5 heteroatoms. The Balaban J connectivity index is 2.05. The number of rotatable bonds is 1. The minimum Gasteiger partial charge on any atom is -0.323 e. The number of hydrogen-bond acceptors (Lipinski definition) is 5. The van der Waals surface area contributed by atoms with E-state index >= 15 is 0 Å². The molecule has 0 fully saturated rings. The molecule has 0 aliphatic heterocycles. The zero-order chi connectivity index (χ0) is 11.0. The maximum absolute atomic E-state index is 6.07. The molecular formula is C11H12N4S. The van der Waals surface area contributed by atoms with E-state index in [-0.39, 0.29) is 6.04 Å². The van der Waals surface area contributed by atoms with Gasteiger partial charge in [-0.25, -0.2) is 15.0 Å². The standard InChI is InChI=1S/C11H12N4S/c12-7-3-1-4-8-9(7)16-11(15-8)10-13-5-2-6-14-10/h2,5-7H,1,3-4,12H2. The number of nitrogens with zero attached hydrogens (tertiary/aromatic N) is 3. The Morgan fingerprint density at radius 2 is 2.12 bits per heavy atom. The van der Waals surface area contributed by atoms with Gasteiger partial charge in [0.05, 0.1) is 5.69 Å². The Bertz CT molecular complexity index is 494. The van der Waals surface area contributed by atoms with Crippen LogP contribution in [0.25, 0.3) is 10.8 Å². The van der Waals surface area contributed by atoms with Gasteiger partial charge in [0.25, 0.3) is 0 Å². The third kappa shape index (κ3) is 1.62.